The van der Waals surface area contributed by atoms with Crippen LogP contribution in [0.5, 0.6) is 0 Å². The standard InChI is InChI=1S/C16H20IN3O4/c1-11(21)24-14(10-19-20-18)7-4-8-16(2,15(22)23)12-5-3-6-13(17)9-12/h3,5-6,9,14H,4,7-8,10H2,1-2H3,(H,22,23). The predicted molar refractivity (Wildman–Crippen MR) is 97.6 cm³/mol. The van der Waals surface area contributed by atoms with E-state index in [1.807, 2.05) is 18.2 Å². The Kier molecular flexibility index (Phi) is 8.00. The maximum atomic E-state index is 11.8. The summed E-state index contributed by atoms with van der Waals surface area (Å²) in [4.78, 5) is 25.6. The molecular formula is C16H20IN3O4. The van der Waals surface area contributed by atoms with Crippen molar-refractivity contribution in [3.63, 3.8) is 0 Å². The highest BCUT2D eigenvalue weighted by molar-refractivity contribution is 14.1. The number of carboxylic acids is 1. The number of carbonyl (C=O) groups is 2. The summed E-state index contributed by atoms with van der Waals surface area (Å²) in [7, 11) is 0. The van der Waals surface area contributed by atoms with Crippen LogP contribution in [0.2, 0.25) is 0 Å². The van der Waals surface area contributed by atoms with Crippen LogP contribution in [-0.4, -0.2) is 29.7 Å². The van der Waals surface area contributed by atoms with Crippen LogP contribution in [0.15, 0.2) is 29.4 Å². The van der Waals surface area contributed by atoms with Crippen molar-refractivity contribution in [2.75, 3.05) is 6.54 Å². The molecule has 2 atom stereocenters. The molecule has 130 valence electrons. The molecule has 0 heterocycles. The highest BCUT2D eigenvalue weighted by Gasteiger charge is 2.35. The smallest absolute Gasteiger partial charge is 0.313 e. The van der Waals surface area contributed by atoms with Gasteiger partial charge in [-0.05, 0) is 72.0 Å². The summed E-state index contributed by atoms with van der Waals surface area (Å²) in [5.41, 5.74) is 8.10. The molecule has 1 rings (SSSR count). The number of carbonyl (C=O) groups excluding carboxylic acids is 1. The zero-order valence-corrected chi connectivity index (χ0v) is 15.8. The second-order valence-electron chi connectivity index (χ2n) is 5.68. The second kappa shape index (κ2) is 9.48. The van der Waals surface area contributed by atoms with Gasteiger partial charge in [-0.25, -0.2) is 0 Å². The van der Waals surface area contributed by atoms with Crippen LogP contribution in [0.25, 0.3) is 10.4 Å². The molecule has 0 saturated carbocycles. The topological polar surface area (TPSA) is 112 Å². The van der Waals surface area contributed by atoms with Crippen LogP contribution in [0.1, 0.15) is 38.7 Å². The van der Waals surface area contributed by atoms with E-state index in [-0.39, 0.29) is 6.54 Å². The average Bonchev–Trinajstić information content (AvgIpc) is 2.51. The maximum Gasteiger partial charge on any atom is 0.313 e. The van der Waals surface area contributed by atoms with Crippen molar-refractivity contribution in [1.82, 2.24) is 0 Å². The summed E-state index contributed by atoms with van der Waals surface area (Å²) in [5, 5.41) is 13.1. The number of aliphatic carboxylic acids is 1. The SMILES string of the molecule is CC(=O)OC(CCCC(C)(C(=O)O)c1cccc(I)c1)CN=[N+]=[N-]. The lowest BCUT2D eigenvalue weighted by atomic mass is 9.78. The molecule has 8 heteroatoms. The fourth-order valence-corrected chi connectivity index (χ4v) is 2.98. The Morgan fingerprint density at radius 1 is 1.50 bits per heavy atom. The molecule has 0 aliphatic rings. The molecule has 7 nitrogen and oxygen atoms in total. The van der Waals surface area contributed by atoms with Crippen molar-refractivity contribution in [3.8, 4) is 0 Å². The van der Waals surface area contributed by atoms with Crippen LogP contribution in [0, 0.1) is 3.57 Å². The molecule has 24 heavy (non-hydrogen) atoms. The lowest BCUT2D eigenvalue weighted by Gasteiger charge is -2.26. The van der Waals surface area contributed by atoms with Gasteiger partial charge in [-0.1, -0.05) is 17.2 Å². The fourth-order valence-electron chi connectivity index (χ4n) is 2.44. The first kappa shape index (κ1) is 20.2. The third kappa shape index (κ3) is 6.01. The van der Waals surface area contributed by atoms with E-state index < -0.39 is 23.5 Å². The van der Waals surface area contributed by atoms with Gasteiger partial charge >= 0.3 is 11.9 Å². The first-order valence-electron chi connectivity index (χ1n) is 7.47. The Balaban J connectivity index is 2.80. The Labute approximate surface area is 154 Å². The van der Waals surface area contributed by atoms with E-state index in [1.54, 1.807) is 13.0 Å². The van der Waals surface area contributed by atoms with Gasteiger partial charge in [0.05, 0.1) is 12.0 Å². The van der Waals surface area contributed by atoms with Crippen molar-refractivity contribution in [3.05, 3.63) is 43.8 Å². The Hall–Kier alpha value is -1.80. The Morgan fingerprint density at radius 3 is 2.75 bits per heavy atom. The summed E-state index contributed by atoms with van der Waals surface area (Å²) in [6.45, 7) is 3.02. The van der Waals surface area contributed by atoms with Crippen LogP contribution < -0.4 is 0 Å². The minimum atomic E-state index is -1.03. The van der Waals surface area contributed by atoms with E-state index in [0.29, 0.717) is 19.3 Å². The highest BCUT2D eigenvalue weighted by Crippen LogP contribution is 2.31. The molecule has 0 saturated heterocycles. The number of halogens is 1. The second-order valence-corrected chi connectivity index (χ2v) is 6.93. The van der Waals surface area contributed by atoms with Crippen LogP contribution in [0.4, 0.5) is 0 Å². The molecular weight excluding hydrogens is 425 g/mol. The van der Waals surface area contributed by atoms with Crippen molar-refractivity contribution < 1.29 is 19.4 Å². The number of azide groups is 1. The van der Waals surface area contributed by atoms with Gasteiger partial charge in [0.25, 0.3) is 0 Å². The van der Waals surface area contributed by atoms with E-state index in [9.17, 15) is 14.7 Å². The average molecular weight is 445 g/mol. The first-order chi connectivity index (χ1) is 11.3. The number of benzene rings is 1. The number of nitrogens with zero attached hydrogens (tertiary/aromatic N) is 3. The molecule has 0 radical (unpaired) electrons. The lowest BCUT2D eigenvalue weighted by Crippen LogP contribution is -2.33. The van der Waals surface area contributed by atoms with Gasteiger partial charge in [-0.15, -0.1) is 0 Å². The number of hydrogen-bond donors (Lipinski definition) is 1. The summed E-state index contributed by atoms with van der Waals surface area (Å²) in [6.07, 6.45) is 0.807. The van der Waals surface area contributed by atoms with Crippen molar-refractivity contribution in [2.45, 2.75) is 44.6 Å². The highest BCUT2D eigenvalue weighted by atomic mass is 127. The zero-order valence-electron chi connectivity index (χ0n) is 13.6. The van der Waals surface area contributed by atoms with Gasteiger partial charge < -0.3 is 9.84 Å². The number of rotatable bonds is 9. The van der Waals surface area contributed by atoms with E-state index in [0.717, 1.165) is 9.13 Å². The van der Waals surface area contributed by atoms with Crippen molar-refractivity contribution in [1.29, 1.82) is 0 Å². The fraction of sp³-hybridized carbons (Fsp3) is 0.500. The van der Waals surface area contributed by atoms with E-state index in [1.165, 1.54) is 6.92 Å². The van der Waals surface area contributed by atoms with Gasteiger partial charge in [-0.2, -0.15) is 0 Å². The summed E-state index contributed by atoms with van der Waals surface area (Å²) in [5.74, 6) is -1.35. The number of hydrogen-bond acceptors (Lipinski definition) is 4. The van der Waals surface area contributed by atoms with Gasteiger partial charge in [-0.3, -0.25) is 9.59 Å². The molecule has 0 aromatic heterocycles. The number of esters is 1. The van der Waals surface area contributed by atoms with Gasteiger partial charge in [0, 0.05) is 15.4 Å². The predicted octanol–water partition coefficient (Wildman–Crippen LogP) is 4.05. The molecule has 2 unspecified atom stereocenters. The van der Waals surface area contributed by atoms with Crippen LogP contribution in [0.3, 0.4) is 0 Å². The largest absolute Gasteiger partial charge is 0.481 e. The van der Waals surface area contributed by atoms with Gasteiger partial charge in [0.1, 0.15) is 6.10 Å². The maximum absolute atomic E-state index is 11.8. The van der Waals surface area contributed by atoms with E-state index >= 15 is 0 Å². The van der Waals surface area contributed by atoms with Crippen LogP contribution in [-0.2, 0) is 19.7 Å². The summed E-state index contributed by atoms with van der Waals surface area (Å²) >= 11 is 2.15. The molecule has 0 aliphatic carbocycles. The minimum Gasteiger partial charge on any atom is -0.481 e. The van der Waals surface area contributed by atoms with Crippen molar-refractivity contribution >= 4 is 34.5 Å². The molecule has 1 aromatic rings. The summed E-state index contributed by atoms with van der Waals surface area (Å²) < 4.78 is 6.07. The molecule has 0 aliphatic heterocycles. The normalized spacial score (nSPS) is 14.1. The molecule has 0 bridgehead atoms. The molecule has 1 aromatic carbocycles. The molecule has 0 fully saturated rings. The zero-order chi connectivity index (χ0) is 18.2. The number of ether oxygens (including phenoxy) is 1. The van der Waals surface area contributed by atoms with Gasteiger partial charge in [0.2, 0.25) is 0 Å². The van der Waals surface area contributed by atoms with E-state index in [2.05, 4.69) is 32.6 Å². The number of carboxylic acid groups (broad SMARTS) is 1. The van der Waals surface area contributed by atoms with Gasteiger partial charge in [0.15, 0.2) is 0 Å². The van der Waals surface area contributed by atoms with E-state index in [4.69, 9.17) is 10.3 Å². The third-order valence-corrected chi connectivity index (χ3v) is 4.49. The van der Waals surface area contributed by atoms with Crippen molar-refractivity contribution in [2.24, 2.45) is 5.11 Å². The Morgan fingerprint density at radius 2 is 2.21 bits per heavy atom. The lowest BCUT2D eigenvalue weighted by molar-refractivity contribution is -0.147. The third-order valence-electron chi connectivity index (χ3n) is 3.82. The Bertz CT molecular complexity index is 642. The van der Waals surface area contributed by atoms with Crippen LogP contribution >= 0.6 is 22.6 Å². The summed E-state index contributed by atoms with van der Waals surface area (Å²) in [6, 6.07) is 7.41. The molecule has 1 N–H and O–H groups in total. The molecule has 0 spiro atoms. The monoisotopic (exact) mass is 445 g/mol. The minimum absolute atomic E-state index is 0.0447. The first-order valence-corrected chi connectivity index (χ1v) is 8.55. The molecule has 0 amide bonds. The quantitative estimate of drug-likeness (QED) is 0.203.